The summed E-state index contributed by atoms with van der Waals surface area (Å²) in [4.78, 5) is 38.8. The number of nitrogens with zero attached hydrogens (tertiary/aromatic N) is 1. The summed E-state index contributed by atoms with van der Waals surface area (Å²) in [5.41, 5.74) is 0.573. The summed E-state index contributed by atoms with van der Waals surface area (Å²) >= 11 is 12.3. The van der Waals surface area contributed by atoms with Crippen molar-refractivity contribution in [2.24, 2.45) is 0 Å². The molecule has 0 fully saturated rings. The molecule has 1 heterocycles. The van der Waals surface area contributed by atoms with E-state index in [0.717, 1.165) is 16.5 Å². The fourth-order valence-electron chi connectivity index (χ4n) is 3.64. The van der Waals surface area contributed by atoms with Crippen LogP contribution in [0.15, 0.2) is 77.5 Å². The molecule has 1 aliphatic rings. The highest BCUT2D eigenvalue weighted by atomic mass is 35.5. The zero-order chi connectivity index (χ0) is 26.9. The highest BCUT2D eigenvalue weighted by Crippen LogP contribution is 2.35. The molecule has 11 heteroatoms. The Hall–Kier alpha value is -3.82. The molecule has 0 saturated heterocycles. The number of rotatable bonds is 6. The van der Waals surface area contributed by atoms with E-state index in [1.165, 1.54) is 24.3 Å². The van der Waals surface area contributed by atoms with E-state index in [9.17, 15) is 27.6 Å². The molecule has 3 amide bonds. The molecule has 0 radical (unpaired) electrons. The van der Waals surface area contributed by atoms with Crippen LogP contribution in [0.1, 0.15) is 16.7 Å². The van der Waals surface area contributed by atoms with Crippen LogP contribution in [0.3, 0.4) is 0 Å². The van der Waals surface area contributed by atoms with Crippen LogP contribution in [-0.2, 0) is 27.0 Å². The summed E-state index contributed by atoms with van der Waals surface area (Å²) in [7, 11) is 0. The van der Waals surface area contributed by atoms with Gasteiger partial charge in [-0.15, -0.1) is 0 Å². The van der Waals surface area contributed by atoms with Crippen molar-refractivity contribution in [1.82, 2.24) is 0 Å². The van der Waals surface area contributed by atoms with Gasteiger partial charge in [-0.3, -0.25) is 14.4 Å². The lowest BCUT2D eigenvalue weighted by atomic mass is 10.1. The Kier molecular flexibility index (Phi) is 7.29. The van der Waals surface area contributed by atoms with Gasteiger partial charge in [0, 0.05) is 10.7 Å². The van der Waals surface area contributed by atoms with Crippen molar-refractivity contribution in [3.05, 3.63) is 99.2 Å². The molecular weight excluding hydrogens is 530 g/mol. The van der Waals surface area contributed by atoms with Crippen molar-refractivity contribution in [2.45, 2.75) is 19.5 Å². The number of hydrogen-bond acceptors (Lipinski definition) is 4. The largest absolute Gasteiger partial charge is 0.418 e. The maximum Gasteiger partial charge on any atom is 0.418 e. The number of amides is 3. The van der Waals surface area contributed by atoms with E-state index in [1.807, 2.05) is 0 Å². The number of nitrogens with one attached hydrogen (secondary N) is 2. The minimum Gasteiger partial charge on any atom is -0.350 e. The smallest absolute Gasteiger partial charge is 0.350 e. The van der Waals surface area contributed by atoms with Crippen molar-refractivity contribution in [2.75, 3.05) is 15.5 Å². The number of alkyl halides is 3. The number of carbonyl (C=O) groups is 3. The normalized spacial score (nSPS) is 13.8. The lowest BCUT2D eigenvalue weighted by Crippen LogP contribution is -2.32. The van der Waals surface area contributed by atoms with Gasteiger partial charge in [-0.25, -0.2) is 4.90 Å². The Labute approximate surface area is 219 Å². The Balaban J connectivity index is 1.43. The zero-order valence-corrected chi connectivity index (χ0v) is 20.6. The van der Waals surface area contributed by atoms with Gasteiger partial charge in [0.05, 0.1) is 23.4 Å². The van der Waals surface area contributed by atoms with Crippen molar-refractivity contribution in [1.29, 1.82) is 0 Å². The van der Waals surface area contributed by atoms with Gasteiger partial charge in [-0.05, 0) is 54.4 Å². The van der Waals surface area contributed by atoms with Gasteiger partial charge in [-0.1, -0.05) is 53.5 Å². The van der Waals surface area contributed by atoms with Gasteiger partial charge < -0.3 is 10.6 Å². The highest BCUT2D eigenvalue weighted by molar-refractivity contribution is 6.53. The lowest BCUT2D eigenvalue weighted by Gasteiger charge is -2.16. The van der Waals surface area contributed by atoms with E-state index in [0.29, 0.717) is 16.3 Å². The number of hydrogen-bond donors (Lipinski definition) is 2. The minimum atomic E-state index is -4.60. The molecule has 0 spiro atoms. The zero-order valence-electron chi connectivity index (χ0n) is 19.1. The molecule has 1 aliphatic heterocycles. The van der Waals surface area contributed by atoms with Crippen LogP contribution in [0.4, 0.5) is 30.2 Å². The first-order valence-electron chi connectivity index (χ1n) is 10.8. The molecule has 3 aromatic rings. The first-order valence-corrected chi connectivity index (χ1v) is 11.6. The average Bonchev–Trinajstić information content (AvgIpc) is 3.05. The minimum absolute atomic E-state index is 0.127. The van der Waals surface area contributed by atoms with Gasteiger partial charge in [0.2, 0.25) is 5.91 Å². The second-order valence-corrected chi connectivity index (χ2v) is 8.94. The highest BCUT2D eigenvalue weighted by Gasteiger charge is 2.39. The summed E-state index contributed by atoms with van der Waals surface area (Å²) in [6.07, 6.45) is -4.79. The Morgan fingerprint density at radius 2 is 1.62 bits per heavy atom. The monoisotopic (exact) mass is 547 g/mol. The first-order chi connectivity index (χ1) is 17.5. The van der Waals surface area contributed by atoms with Crippen LogP contribution in [0, 0.1) is 6.92 Å². The number of halogens is 5. The number of para-hydroxylation sites is 1. The Bertz CT molecular complexity index is 1440. The quantitative estimate of drug-likeness (QED) is 0.356. The average molecular weight is 548 g/mol. The van der Waals surface area contributed by atoms with Gasteiger partial charge in [0.15, 0.2) is 0 Å². The van der Waals surface area contributed by atoms with Gasteiger partial charge in [-0.2, -0.15) is 13.2 Å². The van der Waals surface area contributed by atoms with Crippen molar-refractivity contribution < 1.29 is 27.6 Å². The third-order valence-corrected chi connectivity index (χ3v) is 6.29. The molecule has 0 unspecified atom stereocenters. The molecule has 6 nitrogen and oxygen atoms in total. The van der Waals surface area contributed by atoms with Gasteiger partial charge in [0.1, 0.15) is 10.7 Å². The number of benzene rings is 3. The second kappa shape index (κ2) is 10.3. The molecule has 0 aromatic heterocycles. The third kappa shape index (κ3) is 5.63. The van der Waals surface area contributed by atoms with E-state index in [4.69, 9.17) is 23.2 Å². The maximum absolute atomic E-state index is 13.1. The first kappa shape index (κ1) is 26.2. The molecule has 3 aromatic carbocycles. The molecule has 0 saturated carbocycles. The predicted octanol–water partition coefficient (Wildman–Crippen LogP) is 6.28. The van der Waals surface area contributed by atoms with Crippen LogP contribution in [0.2, 0.25) is 5.02 Å². The summed E-state index contributed by atoms with van der Waals surface area (Å²) in [5, 5.41) is 5.19. The third-order valence-electron chi connectivity index (χ3n) is 5.54. The molecule has 37 heavy (non-hydrogen) atoms. The standard InChI is InChI=1S/C26H18Cl2F3N3O3/c1-14-6-11-17(13-19(14)27)34-24(36)22(28)23(25(34)37)32-16-9-7-15(8-10-16)12-21(35)33-20-5-3-2-4-18(20)26(29,30)31/h2-11,13,32H,12H2,1H3,(H,33,35). The van der Waals surface area contributed by atoms with Crippen LogP contribution >= 0.6 is 23.2 Å². The summed E-state index contributed by atoms with van der Waals surface area (Å²) in [6.45, 7) is 1.78. The maximum atomic E-state index is 13.1. The fourth-order valence-corrected chi connectivity index (χ4v) is 4.02. The SMILES string of the molecule is Cc1ccc(N2C(=O)C(Cl)=C(Nc3ccc(CC(=O)Nc4ccccc4C(F)(F)F)cc3)C2=O)cc1Cl. The number of carbonyl (C=O) groups excluding carboxylic acids is 3. The number of anilines is 3. The van der Waals surface area contributed by atoms with Crippen LogP contribution in [0.5, 0.6) is 0 Å². The second-order valence-electron chi connectivity index (χ2n) is 8.16. The fraction of sp³-hybridized carbons (Fsp3) is 0.115. The lowest BCUT2D eigenvalue weighted by molar-refractivity contribution is -0.137. The molecule has 2 N–H and O–H groups in total. The summed E-state index contributed by atoms with van der Waals surface area (Å²) in [5.74, 6) is -2.00. The topological polar surface area (TPSA) is 78.5 Å². The van der Waals surface area contributed by atoms with E-state index in [2.05, 4.69) is 10.6 Å². The van der Waals surface area contributed by atoms with Crippen LogP contribution in [-0.4, -0.2) is 17.7 Å². The van der Waals surface area contributed by atoms with Gasteiger partial charge >= 0.3 is 6.18 Å². The molecule has 4 rings (SSSR count). The number of imide groups is 1. The molecule has 0 aliphatic carbocycles. The predicted molar refractivity (Wildman–Crippen MR) is 135 cm³/mol. The summed E-state index contributed by atoms with van der Waals surface area (Å²) < 4.78 is 39.4. The van der Waals surface area contributed by atoms with E-state index in [1.54, 1.807) is 43.3 Å². The van der Waals surface area contributed by atoms with E-state index < -0.39 is 29.5 Å². The van der Waals surface area contributed by atoms with Crippen LogP contribution < -0.4 is 15.5 Å². The van der Waals surface area contributed by atoms with Gasteiger partial charge in [0.25, 0.3) is 11.8 Å². The van der Waals surface area contributed by atoms with Crippen molar-refractivity contribution in [3.63, 3.8) is 0 Å². The molecule has 190 valence electrons. The van der Waals surface area contributed by atoms with Crippen molar-refractivity contribution >= 4 is 58.0 Å². The van der Waals surface area contributed by atoms with E-state index >= 15 is 0 Å². The molecule has 0 atom stereocenters. The van der Waals surface area contributed by atoms with Crippen LogP contribution in [0.25, 0.3) is 0 Å². The van der Waals surface area contributed by atoms with E-state index in [-0.39, 0.29) is 28.5 Å². The molecule has 0 bridgehead atoms. The molecular formula is C26H18Cl2F3N3O3. The Morgan fingerprint density at radius 3 is 2.27 bits per heavy atom. The summed E-state index contributed by atoms with van der Waals surface area (Å²) in [6, 6.07) is 15.7. The van der Waals surface area contributed by atoms with Crippen molar-refractivity contribution in [3.8, 4) is 0 Å². The Morgan fingerprint density at radius 1 is 0.946 bits per heavy atom. The number of aryl methyl sites for hydroxylation is 1.